The van der Waals surface area contributed by atoms with Gasteiger partial charge in [-0.05, 0) is 82.3 Å². The highest BCUT2D eigenvalue weighted by atomic mass is 16.6. The molecule has 0 spiro atoms. The van der Waals surface area contributed by atoms with Gasteiger partial charge in [-0.25, -0.2) is 4.79 Å². The van der Waals surface area contributed by atoms with Crippen LogP contribution < -0.4 is 15.4 Å². The highest BCUT2D eigenvalue weighted by Gasteiger charge is 2.38. The Morgan fingerprint density at radius 2 is 1.64 bits per heavy atom. The van der Waals surface area contributed by atoms with E-state index in [0.29, 0.717) is 24.4 Å². The van der Waals surface area contributed by atoms with E-state index in [2.05, 4.69) is 10.6 Å². The summed E-state index contributed by atoms with van der Waals surface area (Å²) in [7, 11) is 1.58. The van der Waals surface area contributed by atoms with Crippen molar-refractivity contribution in [2.24, 2.45) is 5.92 Å². The second kappa shape index (κ2) is 14.0. The molecule has 2 aromatic carbocycles. The number of hydrogen-bond donors (Lipinski definition) is 2. The van der Waals surface area contributed by atoms with Gasteiger partial charge in [0.05, 0.1) is 7.11 Å². The van der Waals surface area contributed by atoms with Crippen molar-refractivity contribution >= 4 is 23.6 Å². The van der Waals surface area contributed by atoms with Gasteiger partial charge in [0.1, 0.15) is 23.4 Å². The molecule has 0 aliphatic rings. The van der Waals surface area contributed by atoms with Crippen molar-refractivity contribution in [2.45, 2.75) is 85.9 Å². The second-order valence-electron chi connectivity index (χ2n) is 11.2. The third kappa shape index (κ3) is 9.30. The number of amides is 3. The number of alkyl carbamates (subject to hydrolysis) is 1. The Hall–Kier alpha value is -3.55. The quantitative estimate of drug-likeness (QED) is 0.356. The van der Waals surface area contributed by atoms with Crippen LogP contribution in [0.25, 0.3) is 0 Å². The number of nitrogens with one attached hydrogen (secondary N) is 2. The van der Waals surface area contributed by atoms with Gasteiger partial charge in [0.2, 0.25) is 5.91 Å². The third-order valence-corrected chi connectivity index (χ3v) is 6.28. The number of unbranched alkanes of at least 4 members (excludes halogenated alkanes) is 1. The van der Waals surface area contributed by atoms with Gasteiger partial charge in [0.25, 0.3) is 5.91 Å². The zero-order valence-corrected chi connectivity index (χ0v) is 24.9. The molecule has 2 atom stereocenters. The second-order valence-corrected chi connectivity index (χ2v) is 11.2. The number of carbonyl (C=O) groups is 3. The molecule has 0 saturated heterocycles. The molecule has 2 unspecified atom stereocenters. The summed E-state index contributed by atoms with van der Waals surface area (Å²) >= 11 is 0. The molecule has 0 aliphatic carbocycles. The average Bonchev–Trinajstić information content (AvgIpc) is 2.84. The van der Waals surface area contributed by atoms with Gasteiger partial charge < -0.3 is 25.0 Å². The first-order valence-electron chi connectivity index (χ1n) is 13.6. The molecular formula is C31H45N3O5. The highest BCUT2D eigenvalue weighted by molar-refractivity contribution is 5.99. The van der Waals surface area contributed by atoms with Crippen LogP contribution >= 0.6 is 0 Å². The summed E-state index contributed by atoms with van der Waals surface area (Å²) in [6.45, 7) is 15.3. The van der Waals surface area contributed by atoms with Crippen LogP contribution in [-0.4, -0.2) is 48.1 Å². The van der Waals surface area contributed by atoms with Crippen LogP contribution in [0.15, 0.2) is 42.5 Å². The monoisotopic (exact) mass is 539 g/mol. The van der Waals surface area contributed by atoms with Crippen molar-refractivity contribution in [3.05, 3.63) is 59.2 Å². The number of nitrogens with zero attached hydrogens (tertiary/aromatic N) is 1. The minimum Gasteiger partial charge on any atom is -0.497 e. The van der Waals surface area contributed by atoms with Gasteiger partial charge in [0.15, 0.2) is 0 Å². The lowest BCUT2D eigenvalue weighted by Gasteiger charge is -2.36. The average molecular weight is 540 g/mol. The molecule has 0 radical (unpaired) electrons. The number of carbonyl (C=O) groups excluding carboxylic acids is 3. The summed E-state index contributed by atoms with van der Waals surface area (Å²) in [6.07, 6.45) is 0.853. The predicted octanol–water partition coefficient (Wildman–Crippen LogP) is 6.17. The normalized spacial score (nSPS) is 12.9. The smallest absolute Gasteiger partial charge is 0.408 e. The fourth-order valence-corrected chi connectivity index (χ4v) is 4.29. The third-order valence-electron chi connectivity index (χ3n) is 6.28. The molecule has 0 fully saturated rings. The van der Waals surface area contributed by atoms with E-state index in [0.717, 1.165) is 23.1 Å². The number of anilines is 1. The summed E-state index contributed by atoms with van der Waals surface area (Å²) in [6, 6.07) is 11.1. The standard InChI is InChI=1S/C31H45N3O5/c1-10-11-18-34(29(36)26(20(2)3)33-30(37)39-31(6,7)8)27(25-17-12-21(4)19-22(25)5)28(35)32-23-13-15-24(38-9)16-14-23/h12-17,19-20,26-27H,10-11,18H2,1-9H3,(H,32,35)(H,33,37). The molecule has 0 aromatic heterocycles. The molecule has 0 aliphatic heterocycles. The maximum Gasteiger partial charge on any atom is 0.408 e. The van der Waals surface area contributed by atoms with Gasteiger partial charge in [-0.3, -0.25) is 9.59 Å². The summed E-state index contributed by atoms with van der Waals surface area (Å²) in [5, 5.41) is 5.75. The Bertz CT molecular complexity index is 1120. The molecule has 2 rings (SSSR count). The largest absolute Gasteiger partial charge is 0.497 e. The molecule has 0 saturated carbocycles. The molecule has 0 heterocycles. The van der Waals surface area contributed by atoms with Gasteiger partial charge >= 0.3 is 6.09 Å². The van der Waals surface area contributed by atoms with Crippen LogP contribution in [-0.2, 0) is 14.3 Å². The summed E-state index contributed by atoms with van der Waals surface area (Å²) in [4.78, 5) is 42.4. The SMILES string of the molecule is CCCCN(C(=O)C(NC(=O)OC(C)(C)C)C(C)C)C(C(=O)Nc1ccc(OC)cc1)c1ccc(C)cc1C. The first kappa shape index (κ1) is 31.7. The van der Waals surface area contributed by atoms with Crippen molar-refractivity contribution in [2.75, 3.05) is 19.0 Å². The Balaban J connectivity index is 2.54. The molecule has 2 aromatic rings. The lowest BCUT2D eigenvalue weighted by Crippen LogP contribution is -2.54. The fourth-order valence-electron chi connectivity index (χ4n) is 4.29. The van der Waals surface area contributed by atoms with Crippen molar-refractivity contribution in [1.82, 2.24) is 10.2 Å². The predicted molar refractivity (Wildman–Crippen MR) is 155 cm³/mol. The van der Waals surface area contributed by atoms with Crippen molar-refractivity contribution in [3.63, 3.8) is 0 Å². The number of hydrogen-bond acceptors (Lipinski definition) is 5. The molecule has 2 N–H and O–H groups in total. The number of rotatable bonds is 11. The van der Waals surface area contributed by atoms with Crippen LogP contribution in [0.3, 0.4) is 0 Å². The molecule has 8 nitrogen and oxygen atoms in total. The number of aryl methyl sites for hydroxylation is 2. The maximum absolute atomic E-state index is 14.2. The zero-order valence-electron chi connectivity index (χ0n) is 24.9. The van der Waals surface area contributed by atoms with E-state index in [1.807, 2.05) is 52.8 Å². The lowest BCUT2D eigenvalue weighted by atomic mass is 9.94. The van der Waals surface area contributed by atoms with Crippen LogP contribution in [0, 0.1) is 19.8 Å². The lowest BCUT2D eigenvalue weighted by molar-refractivity contribution is -0.141. The zero-order chi connectivity index (χ0) is 29.3. The summed E-state index contributed by atoms with van der Waals surface area (Å²) < 4.78 is 10.7. The minimum absolute atomic E-state index is 0.237. The molecule has 3 amide bonds. The van der Waals surface area contributed by atoms with Gasteiger partial charge in [-0.15, -0.1) is 0 Å². The maximum atomic E-state index is 14.2. The van der Waals surface area contributed by atoms with E-state index in [1.54, 1.807) is 57.0 Å². The van der Waals surface area contributed by atoms with Gasteiger partial charge in [0, 0.05) is 12.2 Å². The van der Waals surface area contributed by atoms with E-state index < -0.39 is 23.8 Å². The summed E-state index contributed by atoms with van der Waals surface area (Å²) in [5.41, 5.74) is 2.57. The fraction of sp³-hybridized carbons (Fsp3) is 0.516. The van der Waals surface area contributed by atoms with Crippen molar-refractivity contribution in [3.8, 4) is 5.75 Å². The van der Waals surface area contributed by atoms with Crippen molar-refractivity contribution < 1.29 is 23.9 Å². The Labute approximate surface area is 233 Å². The molecule has 0 bridgehead atoms. The molecule has 214 valence electrons. The molecule has 39 heavy (non-hydrogen) atoms. The highest BCUT2D eigenvalue weighted by Crippen LogP contribution is 2.29. The first-order valence-corrected chi connectivity index (χ1v) is 13.6. The van der Waals surface area contributed by atoms with Crippen LogP contribution in [0.4, 0.5) is 10.5 Å². The number of methoxy groups -OCH3 is 1. The van der Waals surface area contributed by atoms with Gasteiger partial charge in [-0.1, -0.05) is 51.0 Å². The minimum atomic E-state index is -0.909. The summed E-state index contributed by atoms with van der Waals surface area (Å²) in [5.74, 6) is -0.235. The Kier molecular flexibility index (Phi) is 11.4. The van der Waals surface area contributed by atoms with Crippen LogP contribution in [0.1, 0.15) is 77.1 Å². The van der Waals surface area contributed by atoms with Crippen molar-refractivity contribution in [1.29, 1.82) is 0 Å². The Morgan fingerprint density at radius 3 is 2.15 bits per heavy atom. The Morgan fingerprint density at radius 1 is 1.00 bits per heavy atom. The number of benzene rings is 2. The topological polar surface area (TPSA) is 97.0 Å². The number of ether oxygens (including phenoxy) is 2. The van der Waals surface area contributed by atoms with Crippen LogP contribution in [0.2, 0.25) is 0 Å². The van der Waals surface area contributed by atoms with Gasteiger partial charge in [-0.2, -0.15) is 0 Å². The molecule has 8 heteroatoms. The van der Waals surface area contributed by atoms with E-state index in [1.165, 1.54) is 0 Å². The van der Waals surface area contributed by atoms with E-state index >= 15 is 0 Å². The van der Waals surface area contributed by atoms with E-state index in [-0.39, 0.29) is 17.7 Å². The molecular weight excluding hydrogens is 494 g/mol. The first-order chi connectivity index (χ1) is 18.3. The van der Waals surface area contributed by atoms with E-state index in [4.69, 9.17) is 9.47 Å². The van der Waals surface area contributed by atoms with E-state index in [9.17, 15) is 14.4 Å². The van der Waals surface area contributed by atoms with Crippen LogP contribution in [0.5, 0.6) is 5.75 Å².